The zero-order valence-corrected chi connectivity index (χ0v) is 17.8. The van der Waals surface area contributed by atoms with Gasteiger partial charge in [-0.05, 0) is 37.7 Å². The Kier molecular flexibility index (Phi) is 6.53. The Morgan fingerprint density at radius 2 is 1.87 bits per heavy atom. The Hall–Kier alpha value is -2.19. The summed E-state index contributed by atoms with van der Waals surface area (Å²) in [4.78, 5) is 30.7. The first kappa shape index (κ1) is 21.1. The fourth-order valence-electron chi connectivity index (χ4n) is 4.71. The highest BCUT2D eigenvalue weighted by atomic mass is 16.6. The highest BCUT2D eigenvalue weighted by Crippen LogP contribution is 2.30. The molecule has 1 aromatic rings. The Morgan fingerprint density at radius 1 is 1.13 bits per heavy atom. The van der Waals surface area contributed by atoms with Crippen molar-refractivity contribution in [3.8, 4) is 0 Å². The third-order valence-electron chi connectivity index (χ3n) is 6.69. The maximum absolute atomic E-state index is 13.4. The summed E-state index contributed by atoms with van der Waals surface area (Å²) in [5.74, 6) is 0.583. The largest absolute Gasteiger partial charge is 0.377 e. The number of amides is 1. The van der Waals surface area contributed by atoms with Crippen molar-refractivity contribution >= 4 is 17.3 Å². The third-order valence-corrected chi connectivity index (χ3v) is 6.69. The number of nitrogens with zero attached hydrogens (tertiary/aromatic N) is 4. The van der Waals surface area contributed by atoms with Crippen molar-refractivity contribution in [1.82, 2.24) is 9.80 Å². The lowest BCUT2D eigenvalue weighted by Crippen LogP contribution is -2.50. The molecule has 3 aliphatic rings. The molecule has 0 spiro atoms. The monoisotopic (exact) mass is 416 g/mol. The minimum atomic E-state index is -0.418. The van der Waals surface area contributed by atoms with E-state index in [4.69, 9.17) is 4.74 Å². The maximum Gasteiger partial charge on any atom is 0.270 e. The van der Waals surface area contributed by atoms with Gasteiger partial charge in [-0.1, -0.05) is 6.92 Å². The number of carbonyl (C=O) groups excluding carboxylic acids is 1. The molecular weight excluding hydrogens is 384 g/mol. The number of nitro benzene ring substituents is 1. The van der Waals surface area contributed by atoms with Gasteiger partial charge in [-0.25, -0.2) is 0 Å². The Labute approximate surface area is 177 Å². The normalized spacial score (nSPS) is 23.7. The summed E-state index contributed by atoms with van der Waals surface area (Å²) >= 11 is 0. The number of anilines is 1. The second-order valence-electron chi connectivity index (χ2n) is 8.86. The molecule has 4 rings (SSSR count). The van der Waals surface area contributed by atoms with Crippen LogP contribution in [0.3, 0.4) is 0 Å². The van der Waals surface area contributed by atoms with Crippen LogP contribution in [0, 0.1) is 16.0 Å². The van der Waals surface area contributed by atoms with Gasteiger partial charge in [0.25, 0.3) is 11.6 Å². The van der Waals surface area contributed by atoms with E-state index in [1.54, 1.807) is 6.07 Å². The predicted molar refractivity (Wildman–Crippen MR) is 115 cm³/mol. The molecule has 0 radical (unpaired) electrons. The standard InChI is InChI=1S/C22H32N4O4/c1-17-6-8-24(9-7-17)21-5-4-18(26(28)29)15-20(21)22(27)25-12-10-23(11-13-25)16-19-3-2-14-30-19/h4-5,15,17,19H,2-3,6-14,16H2,1H3. The van der Waals surface area contributed by atoms with E-state index in [-0.39, 0.29) is 11.6 Å². The molecule has 0 aromatic heterocycles. The number of hydrogen-bond acceptors (Lipinski definition) is 6. The number of hydrogen-bond donors (Lipinski definition) is 0. The van der Waals surface area contributed by atoms with Crippen LogP contribution in [0.1, 0.15) is 43.0 Å². The molecular formula is C22H32N4O4. The van der Waals surface area contributed by atoms with Gasteiger partial charge in [0.2, 0.25) is 0 Å². The summed E-state index contributed by atoms with van der Waals surface area (Å²) in [6.07, 6.45) is 4.72. The second kappa shape index (κ2) is 9.31. The summed E-state index contributed by atoms with van der Waals surface area (Å²) in [6, 6.07) is 4.74. The molecule has 0 aliphatic carbocycles. The van der Waals surface area contributed by atoms with Crippen LogP contribution >= 0.6 is 0 Å². The molecule has 0 N–H and O–H groups in total. The van der Waals surface area contributed by atoms with E-state index in [1.165, 1.54) is 12.1 Å². The SMILES string of the molecule is CC1CCN(c2ccc([N+](=O)[O-])cc2C(=O)N2CCN(CC3CCCO3)CC2)CC1. The molecule has 3 heterocycles. The van der Waals surface area contributed by atoms with Crippen LogP contribution in [0.5, 0.6) is 0 Å². The first-order chi connectivity index (χ1) is 14.5. The molecule has 8 heteroatoms. The number of ether oxygens (including phenoxy) is 1. The second-order valence-corrected chi connectivity index (χ2v) is 8.86. The van der Waals surface area contributed by atoms with Crippen molar-refractivity contribution in [3.05, 3.63) is 33.9 Å². The number of nitro groups is 1. The fourth-order valence-corrected chi connectivity index (χ4v) is 4.71. The van der Waals surface area contributed by atoms with Crippen LogP contribution in [0.15, 0.2) is 18.2 Å². The molecule has 1 amide bonds. The third kappa shape index (κ3) is 4.75. The van der Waals surface area contributed by atoms with Crippen LogP contribution in [0.2, 0.25) is 0 Å². The number of carbonyl (C=O) groups is 1. The van der Waals surface area contributed by atoms with E-state index in [0.717, 1.165) is 70.7 Å². The topological polar surface area (TPSA) is 79.2 Å². The Bertz CT molecular complexity index is 764. The van der Waals surface area contributed by atoms with Crippen molar-refractivity contribution in [2.75, 3.05) is 57.3 Å². The van der Waals surface area contributed by atoms with E-state index in [2.05, 4.69) is 16.7 Å². The fraction of sp³-hybridized carbons (Fsp3) is 0.682. The zero-order valence-electron chi connectivity index (χ0n) is 17.8. The molecule has 1 unspecified atom stereocenters. The lowest BCUT2D eigenvalue weighted by molar-refractivity contribution is -0.384. The van der Waals surface area contributed by atoms with Gasteiger partial charge < -0.3 is 14.5 Å². The van der Waals surface area contributed by atoms with Crippen molar-refractivity contribution in [3.63, 3.8) is 0 Å². The molecule has 8 nitrogen and oxygen atoms in total. The molecule has 3 aliphatic heterocycles. The van der Waals surface area contributed by atoms with Gasteiger partial charge in [0, 0.05) is 64.6 Å². The molecule has 164 valence electrons. The number of non-ortho nitro benzene ring substituents is 1. The zero-order chi connectivity index (χ0) is 21.1. The summed E-state index contributed by atoms with van der Waals surface area (Å²) in [7, 11) is 0. The highest BCUT2D eigenvalue weighted by molar-refractivity contribution is 6.00. The van der Waals surface area contributed by atoms with Crippen molar-refractivity contribution in [2.45, 2.75) is 38.7 Å². The van der Waals surface area contributed by atoms with Gasteiger partial charge in [0.05, 0.1) is 22.3 Å². The number of rotatable bonds is 5. The summed E-state index contributed by atoms with van der Waals surface area (Å²) in [6.45, 7) is 8.71. The predicted octanol–water partition coefficient (Wildman–Crippen LogP) is 2.77. The first-order valence-corrected chi connectivity index (χ1v) is 11.2. The van der Waals surface area contributed by atoms with Crippen molar-refractivity contribution in [2.24, 2.45) is 5.92 Å². The van der Waals surface area contributed by atoms with Gasteiger partial charge in [-0.15, -0.1) is 0 Å². The van der Waals surface area contributed by atoms with E-state index in [9.17, 15) is 14.9 Å². The van der Waals surface area contributed by atoms with Crippen LogP contribution in [-0.4, -0.2) is 79.2 Å². The van der Waals surface area contributed by atoms with Gasteiger partial charge in [0.1, 0.15) is 0 Å². The highest BCUT2D eigenvalue weighted by Gasteiger charge is 2.29. The smallest absolute Gasteiger partial charge is 0.270 e. The summed E-state index contributed by atoms with van der Waals surface area (Å²) < 4.78 is 5.73. The minimum Gasteiger partial charge on any atom is -0.377 e. The molecule has 0 bridgehead atoms. The van der Waals surface area contributed by atoms with E-state index >= 15 is 0 Å². The number of piperidine rings is 1. The van der Waals surface area contributed by atoms with Crippen LogP contribution in [-0.2, 0) is 4.74 Å². The Balaban J connectivity index is 1.46. The lowest BCUT2D eigenvalue weighted by Gasteiger charge is -2.37. The number of piperazine rings is 1. The Morgan fingerprint density at radius 3 is 2.50 bits per heavy atom. The van der Waals surface area contributed by atoms with Gasteiger partial charge in [0.15, 0.2) is 0 Å². The molecule has 30 heavy (non-hydrogen) atoms. The molecule has 0 saturated carbocycles. The van der Waals surface area contributed by atoms with Crippen LogP contribution < -0.4 is 4.90 Å². The summed E-state index contributed by atoms with van der Waals surface area (Å²) in [5, 5.41) is 11.3. The van der Waals surface area contributed by atoms with E-state index in [0.29, 0.717) is 30.7 Å². The van der Waals surface area contributed by atoms with Gasteiger partial charge >= 0.3 is 0 Å². The molecule has 1 aromatic carbocycles. The average molecular weight is 417 g/mol. The minimum absolute atomic E-state index is 0.0236. The van der Waals surface area contributed by atoms with Gasteiger partial charge in [-0.3, -0.25) is 19.8 Å². The van der Waals surface area contributed by atoms with Crippen LogP contribution in [0.4, 0.5) is 11.4 Å². The molecule has 3 saturated heterocycles. The average Bonchev–Trinajstić information content (AvgIpc) is 3.27. The van der Waals surface area contributed by atoms with Crippen LogP contribution in [0.25, 0.3) is 0 Å². The summed E-state index contributed by atoms with van der Waals surface area (Å²) in [5.41, 5.74) is 1.27. The first-order valence-electron chi connectivity index (χ1n) is 11.2. The van der Waals surface area contributed by atoms with Crippen molar-refractivity contribution in [1.29, 1.82) is 0 Å². The van der Waals surface area contributed by atoms with E-state index in [1.807, 2.05) is 4.90 Å². The lowest BCUT2D eigenvalue weighted by atomic mass is 9.97. The maximum atomic E-state index is 13.4. The van der Waals surface area contributed by atoms with Gasteiger partial charge in [-0.2, -0.15) is 0 Å². The van der Waals surface area contributed by atoms with E-state index < -0.39 is 4.92 Å². The molecule has 1 atom stereocenters. The number of benzene rings is 1. The quantitative estimate of drug-likeness (QED) is 0.542. The van der Waals surface area contributed by atoms with Crippen molar-refractivity contribution < 1.29 is 14.5 Å². The molecule has 3 fully saturated rings.